The van der Waals surface area contributed by atoms with Gasteiger partial charge in [0.25, 0.3) is 0 Å². The molecule has 0 amide bonds. The van der Waals surface area contributed by atoms with Crippen LogP contribution in [0.5, 0.6) is 0 Å². The molecular weight excluding hydrogens is 358 g/mol. The highest BCUT2D eigenvalue weighted by molar-refractivity contribution is 7.89. The Morgan fingerprint density at radius 2 is 1.85 bits per heavy atom. The summed E-state index contributed by atoms with van der Waals surface area (Å²) in [5.41, 5.74) is 1.72. The number of ether oxygens (including phenoxy) is 1. The molecule has 1 saturated heterocycles. The third kappa shape index (κ3) is 3.95. The third-order valence-corrected chi connectivity index (χ3v) is 5.87. The summed E-state index contributed by atoms with van der Waals surface area (Å²) in [6.07, 6.45) is 0. The van der Waals surface area contributed by atoms with Gasteiger partial charge in [0, 0.05) is 24.3 Å². The van der Waals surface area contributed by atoms with Crippen LogP contribution in [0.25, 0.3) is 0 Å². The van der Waals surface area contributed by atoms with Gasteiger partial charge >= 0.3 is 0 Å². The Hall–Kier alpha value is -2.23. The lowest BCUT2D eigenvalue weighted by Gasteiger charge is -2.28. The zero-order valence-corrected chi connectivity index (χ0v) is 15.5. The van der Waals surface area contributed by atoms with Crippen molar-refractivity contribution in [3.63, 3.8) is 0 Å². The smallest absolute Gasteiger partial charge is 0.246 e. The quantitative estimate of drug-likeness (QED) is 0.755. The number of sulfonamides is 1. The van der Waals surface area contributed by atoms with E-state index in [1.54, 1.807) is 12.1 Å². The van der Waals surface area contributed by atoms with Crippen molar-refractivity contribution in [2.24, 2.45) is 0 Å². The molecule has 1 aromatic carbocycles. The first-order valence-corrected chi connectivity index (χ1v) is 9.75. The summed E-state index contributed by atoms with van der Waals surface area (Å²) >= 11 is 0. The molecule has 0 bridgehead atoms. The molecule has 2 aromatic rings. The summed E-state index contributed by atoms with van der Waals surface area (Å²) < 4.78 is 37.2. The predicted molar refractivity (Wildman–Crippen MR) is 95.0 cm³/mol. The number of hydrogen-bond donors (Lipinski definition) is 1. The summed E-state index contributed by atoms with van der Waals surface area (Å²) in [6.45, 7) is 5.71. The average molecular weight is 379 g/mol. The minimum Gasteiger partial charge on any atom is -0.378 e. The molecule has 26 heavy (non-hydrogen) atoms. The van der Waals surface area contributed by atoms with Crippen LogP contribution < -0.4 is 9.62 Å². The fraction of sp³-hybridized carbons (Fsp3) is 0.412. The van der Waals surface area contributed by atoms with Crippen LogP contribution in [0.1, 0.15) is 21.8 Å². The number of Topliss-reactive ketones (excluding diaryl/α,β-unsaturated/α-hetero) is 1. The van der Waals surface area contributed by atoms with Crippen LogP contribution in [0.15, 0.2) is 33.7 Å². The van der Waals surface area contributed by atoms with Crippen LogP contribution in [0.3, 0.4) is 0 Å². The van der Waals surface area contributed by atoms with Gasteiger partial charge in [0.2, 0.25) is 10.0 Å². The SMILES string of the molecule is Cc1noc(C)c1S(=O)(=O)NCC(=O)c1ccc(N2CCOCC2)cc1. The van der Waals surface area contributed by atoms with Crippen molar-refractivity contribution in [2.45, 2.75) is 18.7 Å². The summed E-state index contributed by atoms with van der Waals surface area (Å²) in [5, 5.41) is 3.63. The molecule has 1 N–H and O–H groups in total. The molecule has 0 saturated carbocycles. The summed E-state index contributed by atoms with van der Waals surface area (Å²) in [4.78, 5) is 14.5. The summed E-state index contributed by atoms with van der Waals surface area (Å²) in [7, 11) is -3.86. The molecule has 0 aliphatic carbocycles. The number of benzene rings is 1. The van der Waals surface area contributed by atoms with Crippen molar-refractivity contribution in [1.82, 2.24) is 9.88 Å². The van der Waals surface area contributed by atoms with Gasteiger partial charge < -0.3 is 14.2 Å². The van der Waals surface area contributed by atoms with Crippen molar-refractivity contribution in [1.29, 1.82) is 0 Å². The van der Waals surface area contributed by atoms with Crippen molar-refractivity contribution >= 4 is 21.5 Å². The second-order valence-corrected chi connectivity index (χ2v) is 7.75. The molecule has 1 aromatic heterocycles. The molecule has 0 radical (unpaired) electrons. The molecule has 8 nitrogen and oxygen atoms in total. The monoisotopic (exact) mass is 379 g/mol. The molecule has 1 fully saturated rings. The molecule has 3 rings (SSSR count). The van der Waals surface area contributed by atoms with E-state index < -0.39 is 10.0 Å². The van der Waals surface area contributed by atoms with E-state index in [2.05, 4.69) is 14.8 Å². The van der Waals surface area contributed by atoms with E-state index in [0.717, 1.165) is 18.8 Å². The maximum atomic E-state index is 12.3. The largest absolute Gasteiger partial charge is 0.378 e. The average Bonchev–Trinajstić information content (AvgIpc) is 3.00. The molecular formula is C17H21N3O5S. The van der Waals surface area contributed by atoms with Gasteiger partial charge in [-0.3, -0.25) is 4.79 Å². The van der Waals surface area contributed by atoms with Gasteiger partial charge in [0.05, 0.1) is 19.8 Å². The van der Waals surface area contributed by atoms with Crippen molar-refractivity contribution < 1.29 is 22.5 Å². The highest BCUT2D eigenvalue weighted by Gasteiger charge is 2.24. The number of nitrogens with one attached hydrogen (secondary N) is 1. The second-order valence-electron chi connectivity index (χ2n) is 6.05. The number of morpholine rings is 1. The fourth-order valence-electron chi connectivity index (χ4n) is 2.87. The molecule has 1 aliphatic rings. The number of aryl methyl sites for hydroxylation is 2. The van der Waals surface area contributed by atoms with Crippen LogP contribution in [-0.2, 0) is 14.8 Å². The predicted octanol–water partition coefficient (Wildman–Crippen LogP) is 1.29. The van der Waals surface area contributed by atoms with Crippen LogP contribution in [0.2, 0.25) is 0 Å². The van der Waals surface area contributed by atoms with Crippen molar-refractivity contribution in [2.75, 3.05) is 37.7 Å². The lowest BCUT2D eigenvalue weighted by molar-refractivity contribution is 0.0997. The first kappa shape index (κ1) is 18.6. The van der Waals surface area contributed by atoms with Gasteiger partial charge in [-0.25, -0.2) is 13.1 Å². The maximum Gasteiger partial charge on any atom is 0.246 e. The Labute approximate surface area is 152 Å². The van der Waals surface area contributed by atoms with Gasteiger partial charge in [-0.1, -0.05) is 5.16 Å². The molecule has 0 atom stereocenters. The lowest BCUT2D eigenvalue weighted by atomic mass is 10.1. The van der Waals surface area contributed by atoms with E-state index in [9.17, 15) is 13.2 Å². The van der Waals surface area contributed by atoms with E-state index in [4.69, 9.17) is 9.26 Å². The minimum absolute atomic E-state index is 0.0204. The van der Waals surface area contributed by atoms with E-state index in [1.165, 1.54) is 13.8 Å². The van der Waals surface area contributed by atoms with Gasteiger partial charge in [0.1, 0.15) is 10.6 Å². The Bertz CT molecular complexity index is 864. The number of hydrogen-bond acceptors (Lipinski definition) is 7. The second kappa shape index (κ2) is 7.56. The lowest BCUT2D eigenvalue weighted by Crippen LogP contribution is -2.36. The van der Waals surface area contributed by atoms with Gasteiger partial charge in [0.15, 0.2) is 11.5 Å². The molecule has 2 heterocycles. The van der Waals surface area contributed by atoms with Crippen LogP contribution in [0.4, 0.5) is 5.69 Å². The number of rotatable bonds is 6. The number of carbonyl (C=O) groups is 1. The molecule has 1 aliphatic heterocycles. The van der Waals surface area contributed by atoms with E-state index in [-0.39, 0.29) is 28.7 Å². The highest BCUT2D eigenvalue weighted by Crippen LogP contribution is 2.19. The summed E-state index contributed by atoms with van der Waals surface area (Å²) in [6, 6.07) is 7.14. The number of ketones is 1. The number of aromatic nitrogens is 1. The maximum absolute atomic E-state index is 12.3. The Morgan fingerprint density at radius 1 is 1.19 bits per heavy atom. The molecule has 140 valence electrons. The first-order valence-electron chi connectivity index (χ1n) is 8.27. The van der Waals surface area contributed by atoms with Crippen molar-refractivity contribution in [3.05, 3.63) is 41.3 Å². The van der Waals surface area contributed by atoms with Gasteiger partial charge in [-0.05, 0) is 38.1 Å². The first-order chi connectivity index (χ1) is 12.4. The Kier molecular flexibility index (Phi) is 5.40. The zero-order chi connectivity index (χ0) is 18.7. The molecule has 9 heteroatoms. The van der Waals surface area contributed by atoms with E-state index >= 15 is 0 Å². The zero-order valence-electron chi connectivity index (χ0n) is 14.7. The number of nitrogens with zero attached hydrogens (tertiary/aromatic N) is 2. The van der Waals surface area contributed by atoms with Crippen LogP contribution in [0, 0.1) is 13.8 Å². The molecule has 0 unspecified atom stereocenters. The normalized spacial score (nSPS) is 15.2. The Morgan fingerprint density at radius 3 is 2.42 bits per heavy atom. The van der Waals surface area contributed by atoms with Gasteiger partial charge in [-0.15, -0.1) is 0 Å². The molecule has 0 spiro atoms. The summed E-state index contributed by atoms with van der Waals surface area (Å²) in [5.74, 6) is -0.119. The minimum atomic E-state index is -3.86. The van der Waals surface area contributed by atoms with E-state index in [0.29, 0.717) is 18.8 Å². The topological polar surface area (TPSA) is 102 Å². The number of carbonyl (C=O) groups excluding carboxylic acids is 1. The van der Waals surface area contributed by atoms with Crippen LogP contribution in [-0.4, -0.2) is 52.2 Å². The van der Waals surface area contributed by atoms with Crippen molar-refractivity contribution in [3.8, 4) is 0 Å². The van der Waals surface area contributed by atoms with Gasteiger partial charge in [-0.2, -0.15) is 0 Å². The van der Waals surface area contributed by atoms with Crippen LogP contribution >= 0.6 is 0 Å². The standard InChI is InChI=1S/C17H21N3O5S/c1-12-17(13(2)25-19-12)26(22,23)18-11-16(21)14-3-5-15(6-4-14)20-7-9-24-10-8-20/h3-6,18H,7-11H2,1-2H3. The Balaban J connectivity index is 1.65. The third-order valence-electron chi connectivity index (χ3n) is 4.22. The number of anilines is 1. The highest BCUT2D eigenvalue weighted by atomic mass is 32.2. The fourth-order valence-corrected chi connectivity index (χ4v) is 4.18. The van der Waals surface area contributed by atoms with E-state index in [1.807, 2.05) is 12.1 Å².